The van der Waals surface area contributed by atoms with Gasteiger partial charge in [0.1, 0.15) is 5.75 Å². The van der Waals surface area contributed by atoms with Gasteiger partial charge in [0.15, 0.2) is 0 Å². The van der Waals surface area contributed by atoms with E-state index in [9.17, 15) is 4.79 Å². The second kappa shape index (κ2) is 6.06. The van der Waals surface area contributed by atoms with Crippen molar-refractivity contribution in [3.05, 3.63) is 29.3 Å². The van der Waals surface area contributed by atoms with Gasteiger partial charge in [0.25, 0.3) is 5.91 Å². The largest absolute Gasteiger partial charge is 0.496 e. The van der Waals surface area contributed by atoms with E-state index in [2.05, 4.69) is 31.6 Å². The first-order valence-electron chi connectivity index (χ1n) is 6.47. The summed E-state index contributed by atoms with van der Waals surface area (Å²) in [6, 6.07) is 5.62. The average molecular weight is 264 g/mol. The molecule has 0 saturated heterocycles. The van der Waals surface area contributed by atoms with Crippen LogP contribution in [0.1, 0.15) is 43.6 Å². The summed E-state index contributed by atoms with van der Waals surface area (Å²) in [5.41, 5.74) is 7.34. The normalized spacial score (nSPS) is 12.9. The summed E-state index contributed by atoms with van der Waals surface area (Å²) >= 11 is 0. The van der Waals surface area contributed by atoms with E-state index < -0.39 is 0 Å². The zero-order chi connectivity index (χ0) is 14.6. The lowest BCUT2D eigenvalue weighted by molar-refractivity contribution is 0.0910. The molecule has 0 aliphatic rings. The fraction of sp³-hybridized carbons (Fsp3) is 0.533. The number of hydrogen-bond donors (Lipinski definition) is 2. The number of hydrogen-bond acceptors (Lipinski definition) is 3. The van der Waals surface area contributed by atoms with Gasteiger partial charge in [-0.3, -0.25) is 10.2 Å². The van der Waals surface area contributed by atoms with Crippen LogP contribution in [0.4, 0.5) is 0 Å². The van der Waals surface area contributed by atoms with Gasteiger partial charge >= 0.3 is 0 Å². The third-order valence-corrected chi connectivity index (χ3v) is 3.45. The van der Waals surface area contributed by atoms with Crippen LogP contribution in [0.2, 0.25) is 0 Å². The molecule has 1 rings (SSSR count). The van der Waals surface area contributed by atoms with Crippen LogP contribution in [0.15, 0.2) is 18.2 Å². The molecule has 19 heavy (non-hydrogen) atoms. The maximum Gasteiger partial charge on any atom is 0.265 e. The van der Waals surface area contributed by atoms with Crippen LogP contribution >= 0.6 is 0 Å². The lowest BCUT2D eigenvalue weighted by Gasteiger charge is -2.28. The van der Waals surface area contributed by atoms with Crippen molar-refractivity contribution in [3.8, 4) is 5.75 Å². The van der Waals surface area contributed by atoms with Crippen molar-refractivity contribution in [1.82, 2.24) is 10.9 Å². The molecule has 1 amide bonds. The molecule has 4 heteroatoms. The van der Waals surface area contributed by atoms with Crippen molar-refractivity contribution in [1.29, 1.82) is 0 Å². The van der Waals surface area contributed by atoms with Crippen molar-refractivity contribution < 1.29 is 9.53 Å². The molecule has 1 aromatic carbocycles. The molecular formula is C15H24N2O2. The minimum absolute atomic E-state index is 0.0801. The molecule has 0 aliphatic heterocycles. The quantitative estimate of drug-likeness (QED) is 0.822. The summed E-state index contributed by atoms with van der Waals surface area (Å²) in [5.74, 6) is 0.573. The topological polar surface area (TPSA) is 50.4 Å². The number of nitrogens with one attached hydrogen (secondary N) is 2. The molecule has 4 nitrogen and oxygen atoms in total. The van der Waals surface area contributed by atoms with Gasteiger partial charge in [-0.05, 0) is 31.4 Å². The first kappa shape index (κ1) is 15.5. The van der Waals surface area contributed by atoms with Gasteiger partial charge in [-0.2, -0.15) is 0 Å². The highest BCUT2D eigenvalue weighted by Gasteiger charge is 2.20. The number of amides is 1. The Bertz CT molecular complexity index is 450. The molecular weight excluding hydrogens is 240 g/mol. The SMILES string of the molecule is COc1cccc(C(=O)NNC(C)C(C)(C)C)c1C. The van der Waals surface area contributed by atoms with E-state index in [1.54, 1.807) is 13.2 Å². The van der Waals surface area contributed by atoms with Gasteiger partial charge in [0.2, 0.25) is 0 Å². The number of benzene rings is 1. The van der Waals surface area contributed by atoms with Crippen molar-refractivity contribution in [2.24, 2.45) is 5.41 Å². The second-order valence-electron chi connectivity index (χ2n) is 5.82. The first-order valence-corrected chi connectivity index (χ1v) is 6.47. The van der Waals surface area contributed by atoms with E-state index in [4.69, 9.17) is 4.74 Å². The summed E-state index contributed by atoms with van der Waals surface area (Å²) in [7, 11) is 1.60. The Morgan fingerprint density at radius 3 is 2.47 bits per heavy atom. The standard InChI is InChI=1S/C15H24N2O2/c1-10-12(8-7-9-13(10)19-6)14(18)17-16-11(2)15(3,4)5/h7-9,11,16H,1-6H3,(H,17,18). The Hall–Kier alpha value is -1.55. The molecule has 0 bridgehead atoms. The number of rotatable bonds is 4. The molecule has 1 aromatic rings. The Morgan fingerprint density at radius 2 is 1.95 bits per heavy atom. The van der Waals surface area contributed by atoms with Crippen LogP contribution in [0.25, 0.3) is 0 Å². The highest BCUT2D eigenvalue weighted by atomic mass is 16.5. The number of carbonyl (C=O) groups is 1. The monoisotopic (exact) mass is 264 g/mol. The lowest BCUT2D eigenvalue weighted by Crippen LogP contribution is -2.48. The summed E-state index contributed by atoms with van der Waals surface area (Å²) < 4.78 is 5.22. The van der Waals surface area contributed by atoms with Gasteiger partial charge < -0.3 is 4.74 Å². The molecule has 0 aliphatic carbocycles. The molecule has 0 heterocycles. The molecule has 106 valence electrons. The van der Waals surface area contributed by atoms with Crippen molar-refractivity contribution in [2.45, 2.75) is 40.7 Å². The second-order valence-corrected chi connectivity index (χ2v) is 5.82. The molecule has 0 radical (unpaired) electrons. The molecule has 0 spiro atoms. The molecule has 2 N–H and O–H groups in total. The minimum Gasteiger partial charge on any atom is -0.496 e. The van der Waals surface area contributed by atoms with Crippen LogP contribution in [0.5, 0.6) is 5.75 Å². The van der Waals surface area contributed by atoms with Gasteiger partial charge in [0.05, 0.1) is 7.11 Å². The molecule has 0 aromatic heterocycles. The summed E-state index contributed by atoms with van der Waals surface area (Å²) in [6.07, 6.45) is 0. The van der Waals surface area contributed by atoms with Gasteiger partial charge in [0, 0.05) is 17.2 Å². The van der Waals surface area contributed by atoms with Crippen LogP contribution in [0, 0.1) is 12.3 Å². The molecule has 0 saturated carbocycles. The smallest absolute Gasteiger partial charge is 0.265 e. The first-order chi connectivity index (χ1) is 8.77. The summed E-state index contributed by atoms with van der Waals surface area (Å²) in [4.78, 5) is 12.1. The van der Waals surface area contributed by atoms with Crippen LogP contribution in [0.3, 0.4) is 0 Å². The van der Waals surface area contributed by atoms with E-state index in [1.165, 1.54) is 0 Å². The predicted molar refractivity (Wildman–Crippen MR) is 77.2 cm³/mol. The summed E-state index contributed by atoms with van der Waals surface area (Å²) in [6.45, 7) is 10.3. The average Bonchev–Trinajstić information content (AvgIpc) is 2.34. The molecule has 1 unspecified atom stereocenters. The Morgan fingerprint density at radius 1 is 1.32 bits per heavy atom. The van der Waals surface area contributed by atoms with Crippen LogP contribution in [-0.4, -0.2) is 19.1 Å². The van der Waals surface area contributed by atoms with Crippen LogP contribution in [-0.2, 0) is 0 Å². The van der Waals surface area contributed by atoms with Crippen molar-refractivity contribution in [3.63, 3.8) is 0 Å². The zero-order valence-corrected chi connectivity index (χ0v) is 12.6. The van der Waals surface area contributed by atoms with Gasteiger partial charge in [-0.15, -0.1) is 0 Å². The van der Waals surface area contributed by atoms with E-state index in [-0.39, 0.29) is 17.4 Å². The zero-order valence-electron chi connectivity index (χ0n) is 12.6. The van der Waals surface area contributed by atoms with Gasteiger partial charge in [-0.25, -0.2) is 5.43 Å². The highest BCUT2D eigenvalue weighted by molar-refractivity contribution is 5.95. The van der Waals surface area contributed by atoms with E-state index in [0.717, 1.165) is 11.3 Å². The Labute approximate surface area is 115 Å². The number of hydrazine groups is 1. The van der Waals surface area contributed by atoms with E-state index >= 15 is 0 Å². The third kappa shape index (κ3) is 3.96. The van der Waals surface area contributed by atoms with Crippen molar-refractivity contribution >= 4 is 5.91 Å². The Balaban J connectivity index is 2.75. The maximum absolute atomic E-state index is 12.1. The molecule has 1 atom stereocenters. The summed E-state index contributed by atoms with van der Waals surface area (Å²) in [5, 5.41) is 0. The highest BCUT2D eigenvalue weighted by Crippen LogP contribution is 2.21. The van der Waals surface area contributed by atoms with Gasteiger partial charge in [-0.1, -0.05) is 26.8 Å². The minimum atomic E-state index is -0.146. The fourth-order valence-electron chi connectivity index (χ4n) is 1.54. The Kier molecular flexibility index (Phi) is 4.95. The van der Waals surface area contributed by atoms with E-state index in [0.29, 0.717) is 5.56 Å². The van der Waals surface area contributed by atoms with Crippen molar-refractivity contribution in [2.75, 3.05) is 7.11 Å². The number of methoxy groups -OCH3 is 1. The predicted octanol–water partition coefficient (Wildman–Crippen LogP) is 2.67. The molecule has 0 fully saturated rings. The number of carbonyl (C=O) groups excluding carboxylic acids is 1. The fourth-order valence-corrected chi connectivity index (χ4v) is 1.54. The van der Waals surface area contributed by atoms with Crippen LogP contribution < -0.4 is 15.6 Å². The lowest BCUT2D eigenvalue weighted by atomic mass is 9.89. The third-order valence-electron chi connectivity index (χ3n) is 3.45. The maximum atomic E-state index is 12.1. The number of ether oxygens (including phenoxy) is 1. The van der Waals surface area contributed by atoms with E-state index in [1.807, 2.05) is 26.0 Å².